The van der Waals surface area contributed by atoms with Crippen molar-refractivity contribution in [3.63, 3.8) is 0 Å². The Bertz CT molecular complexity index is 867. The topological polar surface area (TPSA) is 83.6 Å². The Morgan fingerprint density at radius 1 is 1.17 bits per heavy atom. The molecule has 0 saturated carbocycles. The van der Waals surface area contributed by atoms with Crippen LogP contribution in [0.15, 0.2) is 42.6 Å². The van der Waals surface area contributed by atoms with E-state index in [4.69, 9.17) is 16.3 Å². The standard InChI is InChI=1S/C22H27ClN4O3/c1-15(2)19(26-21(28)16-5-7-18(23)8-6-16)22(29)25-14-17-4-3-9-24-20(17)27-10-12-30-13-11-27/h3-9,15,19H,10-14H2,1-2H3,(H,25,29)(H,26,28). The Balaban J connectivity index is 1.64. The first-order valence-electron chi connectivity index (χ1n) is 10.1. The maximum Gasteiger partial charge on any atom is 0.251 e. The zero-order valence-corrected chi connectivity index (χ0v) is 18.0. The molecule has 1 aliphatic heterocycles. The summed E-state index contributed by atoms with van der Waals surface area (Å²) in [6, 6.07) is 9.72. The zero-order chi connectivity index (χ0) is 21.5. The fourth-order valence-electron chi connectivity index (χ4n) is 3.28. The fourth-order valence-corrected chi connectivity index (χ4v) is 3.41. The third kappa shape index (κ3) is 5.70. The number of halogens is 1. The van der Waals surface area contributed by atoms with Crippen LogP contribution in [-0.4, -0.2) is 49.1 Å². The molecule has 2 amide bonds. The smallest absolute Gasteiger partial charge is 0.251 e. The summed E-state index contributed by atoms with van der Waals surface area (Å²) >= 11 is 5.88. The molecule has 7 nitrogen and oxygen atoms in total. The lowest BCUT2D eigenvalue weighted by Gasteiger charge is -2.29. The molecular weight excluding hydrogens is 404 g/mol. The molecule has 160 valence electrons. The lowest BCUT2D eigenvalue weighted by Crippen LogP contribution is -2.49. The monoisotopic (exact) mass is 430 g/mol. The van der Waals surface area contributed by atoms with Gasteiger partial charge in [-0.05, 0) is 36.2 Å². The maximum atomic E-state index is 12.9. The number of nitrogens with one attached hydrogen (secondary N) is 2. The van der Waals surface area contributed by atoms with Crippen molar-refractivity contribution in [3.05, 3.63) is 58.7 Å². The zero-order valence-electron chi connectivity index (χ0n) is 17.2. The quantitative estimate of drug-likeness (QED) is 0.705. The highest BCUT2D eigenvalue weighted by molar-refractivity contribution is 6.30. The molecule has 8 heteroatoms. The van der Waals surface area contributed by atoms with Gasteiger partial charge in [-0.15, -0.1) is 0 Å². The average Bonchev–Trinajstić information content (AvgIpc) is 2.76. The molecule has 1 atom stereocenters. The number of aromatic nitrogens is 1. The second-order valence-electron chi connectivity index (χ2n) is 7.51. The van der Waals surface area contributed by atoms with Crippen molar-refractivity contribution >= 4 is 29.2 Å². The molecule has 1 fully saturated rings. The second-order valence-corrected chi connectivity index (χ2v) is 7.94. The number of rotatable bonds is 7. The highest BCUT2D eigenvalue weighted by Gasteiger charge is 2.25. The number of carbonyl (C=O) groups is 2. The van der Waals surface area contributed by atoms with Gasteiger partial charge in [0.05, 0.1) is 13.2 Å². The number of benzene rings is 1. The molecule has 0 aliphatic carbocycles. The van der Waals surface area contributed by atoms with Gasteiger partial charge in [-0.2, -0.15) is 0 Å². The maximum absolute atomic E-state index is 12.9. The van der Waals surface area contributed by atoms with Gasteiger partial charge in [-0.25, -0.2) is 4.98 Å². The van der Waals surface area contributed by atoms with Crippen LogP contribution in [0.5, 0.6) is 0 Å². The summed E-state index contributed by atoms with van der Waals surface area (Å²) in [5.74, 6) is 0.237. The Morgan fingerprint density at radius 3 is 2.53 bits per heavy atom. The lowest BCUT2D eigenvalue weighted by molar-refractivity contribution is -0.124. The Labute approximate surface area is 181 Å². The molecule has 1 unspecified atom stereocenters. The van der Waals surface area contributed by atoms with Gasteiger partial charge in [0.15, 0.2) is 0 Å². The number of hydrogen-bond donors (Lipinski definition) is 2. The van der Waals surface area contributed by atoms with Gasteiger partial charge < -0.3 is 20.3 Å². The number of morpholine rings is 1. The summed E-state index contributed by atoms with van der Waals surface area (Å²) in [5, 5.41) is 6.34. The molecule has 3 rings (SSSR count). The Hall–Kier alpha value is -2.64. The van der Waals surface area contributed by atoms with Crippen LogP contribution in [0, 0.1) is 5.92 Å². The SMILES string of the molecule is CC(C)C(NC(=O)c1ccc(Cl)cc1)C(=O)NCc1cccnc1N1CCOCC1. The van der Waals surface area contributed by atoms with Crippen LogP contribution in [0.3, 0.4) is 0 Å². The van der Waals surface area contributed by atoms with Crippen LogP contribution in [0.1, 0.15) is 29.8 Å². The fraction of sp³-hybridized carbons (Fsp3) is 0.409. The predicted molar refractivity (Wildman–Crippen MR) is 117 cm³/mol. The summed E-state index contributed by atoms with van der Waals surface area (Å²) < 4.78 is 5.41. The highest BCUT2D eigenvalue weighted by atomic mass is 35.5. The highest BCUT2D eigenvalue weighted by Crippen LogP contribution is 2.18. The van der Waals surface area contributed by atoms with Crippen molar-refractivity contribution in [1.29, 1.82) is 0 Å². The summed E-state index contributed by atoms with van der Waals surface area (Å²) in [5.41, 5.74) is 1.39. The third-order valence-corrected chi connectivity index (χ3v) is 5.23. The minimum absolute atomic E-state index is 0.0751. The molecular formula is C22H27ClN4O3. The van der Waals surface area contributed by atoms with E-state index in [2.05, 4.69) is 20.5 Å². The summed E-state index contributed by atoms with van der Waals surface area (Å²) in [6.07, 6.45) is 1.75. The van der Waals surface area contributed by atoms with Gasteiger partial charge in [-0.3, -0.25) is 9.59 Å². The molecule has 2 aromatic rings. The summed E-state index contributed by atoms with van der Waals surface area (Å²) in [6.45, 7) is 6.99. The van der Waals surface area contributed by atoms with Gasteiger partial charge in [0.2, 0.25) is 5.91 Å². The predicted octanol–water partition coefficient (Wildman–Crippen LogP) is 2.64. The van der Waals surface area contributed by atoms with Gasteiger partial charge in [0, 0.05) is 42.0 Å². The van der Waals surface area contributed by atoms with Gasteiger partial charge in [0.25, 0.3) is 5.91 Å². The Kier molecular flexibility index (Phi) is 7.65. The van der Waals surface area contributed by atoms with E-state index in [0.29, 0.717) is 30.3 Å². The summed E-state index contributed by atoms with van der Waals surface area (Å²) in [7, 11) is 0. The van der Waals surface area contributed by atoms with E-state index in [1.807, 2.05) is 26.0 Å². The van der Waals surface area contributed by atoms with E-state index in [-0.39, 0.29) is 17.7 Å². The van der Waals surface area contributed by atoms with Crippen LogP contribution in [0.2, 0.25) is 5.02 Å². The largest absolute Gasteiger partial charge is 0.378 e. The molecule has 2 N–H and O–H groups in total. The van der Waals surface area contributed by atoms with E-state index >= 15 is 0 Å². The van der Waals surface area contributed by atoms with Gasteiger partial charge in [0.1, 0.15) is 11.9 Å². The van der Waals surface area contributed by atoms with E-state index < -0.39 is 6.04 Å². The van der Waals surface area contributed by atoms with E-state index in [9.17, 15) is 9.59 Å². The van der Waals surface area contributed by atoms with Gasteiger partial charge >= 0.3 is 0 Å². The van der Waals surface area contributed by atoms with Crippen molar-refractivity contribution in [2.24, 2.45) is 5.92 Å². The van der Waals surface area contributed by atoms with Crippen LogP contribution in [0.25, 0.3) is 0 Å². The van der Waals surface area contributed by atoms with Crippen molar-refractivity contribution in [3.8, 4) is 0 Å². The molecule has 1 aliphatic rings. The third-order valence-electron chi connectivity index (χ3n) is 4.97. The van der Waals surface area contributed by atoms with Crippen LogP contribution in [-0.2, 0) is 16.1 Å². The van der Waals surface area contributed by atoms with Crippen molar-refractivity contribution in [2.45, 2.75) is 26.4 Å². The van der Waals surface area contributed by atoms with Crippen molar-refractivity contribution in [1.82, 2.24) is 15.6 Å². The van der Waals surface area contributed by atoms with Crippen LogP contribution >= 0.6 is 11.6 Å². The minimum Gasteiger partial charge on any atom is -0.378 e. The molecule has 2 heterocycles. The molecule has 1 aromatic heterocycles. The number of pyridine rings is 1. The number of nitrogens with zero attached hydrogens (tertiary/aromatic N) is 2. The first kappa shape index (κ1) is 22.1. The normalized spacial score (nSPS) is 15.0. The number of carbonyl (C=O) groups excluding carboxylic acids is 2. The van der Waals surface area contributed by atoms with Crippen LogP contribution < -0.4 is 15.5 Å². The van der Waals surface area contributed by atoms with Crippen molar-refractivity contribution in [2.75, 3.05) is 31.2 Å². The van der Waals surface area contributed by atoms with Crippen molar-refractivity contribution < 1.29 is 14.3 Å². The molecule has 1 aromatic carbocycles. The molecule has 0 bridgehead atoms. The average molecular weight is 431 g/mol. The van der Waals surface area contributed by atoms with Gasteiger partial charge in [-0.1, -0.05) is 31.5 Å². The molecule has 1 saturated heterocycles. The first-order valence-corrected chi connectivity index (χ1v) is 10.4. The first-order chi connectivity index (χ1) is 14.5. The van der Waals surface area contributed by atoms with E-state index in [1.54, 1.807) is 30.5 Å². The van der Waals surface area contributed by atoms with E-state index in [0.717, 1.165) is 24.5 Å². The van der Waals surface area contributed by atoms with E-state index in [1.165, 1.54) is 0 Å². The number of ether oxygens (including phenoxy) is 1. The summed E-state index contributed by atoms with van der Waals surface area (Å²) in [4.78, 5) is 32.1. The Morgan fingerprint density at radius 2 is 1.87 bits per heavy atom. The van der Waals surface area contributed by atoms with Crippen LogP contribution in [0.4, 0.5) is 5.82 Å². The molecule has 0 spiro atoms. The number of anilines is 1. The number of hydrogen-bond acceptors (Lipinski definition) is 5. The molecule has 0 radical (unpaired) electrons. The number of amides is 2. The second kappa shape index (κ2) is 10.4. The molecule has 30 heavy (non-hydrogen) atoms. The lowest BCUT2D eigenvalue weighted by atomic mass is 10.0. The minimum atomic E-state index is -0.656.